The Morgan fingerprint density at radius 2 is 1.73 bits per heavy atom. The molecule has 0 fully saturated rings. The lowest BCUT2D eigenvalue weighted by molar-refractivity contribution is 0.445. The van der Waals surface area contributed by atoms with E-state index in [2.05, 4.69) is 77.0 Å². The number of benzene rings is 1. The third-order valence-electron chi connectivity index (χ3n) is 4.82. The predicted molar refractivity (Wildman–Crippen MR) is 111 cm³/mol. The molecule has 0 aliphatic heterocycles. The lowest BCUT2D eigenvalue weighted by Gasteiger charge is -2.29. The number of nitrogens with one attached hydrogen (secondary N) is 1. The second kappa shape index (κ2) is 7.69. The van der Waals surface area contributed by atoms with Crippen LogP contribution in [0.3, 0.4) is 0 Å². The van der Waals surface area contributed by atoms with Gasteiger partial charge in [0.05, 0.1) is 5.69 Å². The van der Waals surface area contributed by atoms with Crippen molar-refractivity contribution in [2.24, 2.45) is 0 Å². The first-order valence-corrected chi connectivity index (χ1v) is 9.56. The van der Waals surface area contributed by atoms with Crippen LogP contribution in [0.5, 0.6) is 5.75 Å². The normalized spacial score (nSPS) is 13.5. The maximum Gasteiger partial charge on any atom is 0.142 e. The van der Waals surface area contributed by atoms with Gasteiger partial charge < -0.3 is 10.4 Å². The summed E-state index contributed by atoms with van der Waals surface area (Å²) in [5, 5.41) is 14.5. The summed E-state index contributed by atoms with van der Waals surface area (Å²) in [5.41, 5.74) is 4.01. The van der Waals surface area contributed by atoms with Gasteiger partial charge in [-0.05, 0) is 41.0 Å². The summed E-state index contributed by atoms with van der Waals surface area (Å²) < 4.78 is 0. The summed E-state index contributed by atoms with van der Waals surface area (Å²) in [7, 11) is 0. The molecular formula is C23H34N2O. The first kappa shape index (κ1) is 20.3. The molecule has 0 bridgehead atoms. The number of hydrogen-bond donors (Lipinski definition) is 2. The van der Waals surface area contributed by atoms with E-state index in [9.17, 15) is 5.11 Å². The average molecular weight is 355 g/mol. The van der Waals surface area contributed by atoms with E-state index in [1.165, 1.54) is 5.56 Å². The number of nitrogens with zero attached hydrogens (tertiary/aromatic N) is 1. The zero-order valence-corrected chi connectivity index (χ0v) is 17.4. The van der Waals surface area contributed by atoms with E-state index < -0.39 is 0 Å². The third kappa shape index (κ3) is 5.00. The minimum atomic E-state index is -0.121. The van der Waals surface area contributed by atoms with Crippen molar-refractivity contribution in [2.45, 2.75) is 78.2 Å². The van der Waals surface area contributed by atoms with E-state index in [-0.39, 0.29) is 16.9 Å². The molecular weight excluding hydrogens is 320 g/mol. The van der Waals surface area contributed by atoms with Gasteiger partial charge in [-0.1, -0.05) is 60.6 Å². The molecule has 1 heterocycles. The Morgan fingerprint density at radius 1 is 1.04 bits per heavy atom. The molecule has 0 aliphatic carbocycles. The summed E-state index contributed by atoms with van der Waals surface area (Å²) in [6.07, 6.45) is 3.62. The molecule has 1 aromatic carbocycles. The summed E-state index contributed by atoms with van der Waals surface area (Å²) in [5.74, 6) is 0.366. The molecule has 3 heteroatoms. The molecule has 0 amide bonds. The smallest absolute Gasteiger partial charge is 0.142 e. The molecule has 0 radical (unpaired) electrons. The lowest BCUT2D eigenvalue weighted by Crippen LogP contribution is -2.24. The monoisotopic (exact) mass is 354 g/mol. The highest BCUT2D eigenvalue weighted by Crippen LogP contribution is 2.40. The van der Waals surface area contributed by atoms with Crippen LogP contribution in [0.2, 0.25) is 0 Å². The summed E-state index contributed by atoms with van der Waals surface area (Å²) in [4.78, 5) is 4.44. The molecule has 0 saturated carbocycles. The minimum Gasteiger partial charge on any atom is -0.505 e. The van der Waals surface area contributed by atoms with E-state index in [1.54, 1.807) is 0 Å². The van der Waals surface area contributed by atoms with Gasteiger partial charge in [0, 0.05) is 29.9 Å². The number of phenols is 1. The molecule has 0 spiro atoms. The van der Waals surface area contributed by atoms with Crippen molar-refractivity contribution in [1.29, 1.82) is 0 Å². The molecule has 0 aliphatic rings. The van der Waals surface area contributed by atoms with Crippen LogP contribution < -0.4 is 5.32 Å². The first-order chi connectivity index (χ1) is 12.0. The molecule has 2 aromatic rings. The van der Waals surface area contributed by atoms with Gasteiger partial charge in [0.15, 0.2) is 0 Å². The minimum absolute atomic E-state index is 0.0207. The van der Waals surface area contributed by atoms with Crippen LogP contribution in [0.4, 0.5) is 5.69 Å². The van der Waals surface area contributed by atoms with Gasteiger partial charge in [-0.2, -0.15) is 0 Å². The van der Waals surface area contributed by atoms with E-state index >= 15 is 0 Å². The van der Waals surface area contributed by atoms with Gasteiger partial charge in [-0.25, -0.2) is 0 Å². The molecule has 26 heavy (non-hydrogen) atoms. The Kier molecular flexibility index (Phi) is 6.00. The second-order valence-electron chi connectivity index (χ2n) is 9.19. The van der Waals surface area contributed by atoms with Crippen molar-refractivity contribution in [3.8, 4) is 5.75 Å². The van der Waals surface area contributed by atoms with E-state index in [4.69, 9.17) is 0 Å². The topological polar surface area (TPSA) is 45.2 Å². The van der Waals surface area contributed by atoms with Crippen molar-refractivity contribution in [3.63, 3.8) is 0 Å². The van der Waals surface area contributed by atoms with Crippen LogP contribution in [-0.4, -0.2) is 16.1 Å². The fourth-order valence-electron chi connectivity index (χ4n) is 3.04. The van der Waals surface area contributed by atoms with Crippen molar-refractivity contribution in [2.75, 3.05) is 5.32 Å². The van der Waals surface area contributed by atoms with Gasteiger partial charge in [0.1, 0.15) is 5.75 Å². The molecule has 2 rings (SSSR count). The zero-order chi connectivity index (χ0) is 19.5. The fraction of sp³-hybridized carbons (Fsp3) is 0.522. The van der Waals surface area contributed by atoms with Crippen molar-refractivity contribution in [3.05, 3.63) is 53.3 Å². The number of phenolic OH excluding ortho intramolecular Hbond substituents is 1. The second-order valence-corrected chi connectivity index (χ2v) is 9.19. The van der Waals surface area contributed by atoms with Crippen molar-refractivity contribution in [1.82, 2.24) is 4.98 Å². The van der Waals surface area contributed by atoms with Gasteiger partial charge in [0.2, 0.25) is 0 Å². The summed E-state index contributed by atoms with van der Waals surface area (Å²) >= 11 is 0. The van der Waals surface area contributed by atoms with E-state index in [1.807, 2.05) is 18.3 Å². The maximum atomic E-state index is 10.9. The Morgan fingerprint density at radius 3 is 2.23 bits per heavy atom. The highest BCUT2D eigenvalue weighted by Gasteiger charge is 2.25. The van der Waals surface area contributed by atoms with Crippen LogP contribution in [0, 0.1) is 0 Å². The number of pyridine rings is 1. The number of aromatic hydroxyl groups is 1. The molecule has 2 N–H and O–H groups in total. The molecule has 0 saturated heterocycles. The summed E-state index contributed by atoms with van der Waals surface area (Å²) in [6.45, 7) is 15.2. The number of rotatable bonds is 5. The van der Waals surface area contributed by atoms with Gasteiger partial charge in [0.25, 0.3) is 0 Å². The van der Waals surface area contributed by atoms with Crippen LogP contribution in [0.15, 0.2) is 36.5 Å². The molecule has 3 nitrogen and oxygen atoms in total. The maximum absolute atomic E-state index is 10.9. The predicted octanol–water partition coefficient (Wildman–Crippen LogP) is 5.82. The Balaban J connectivity index is 2.40. The van der Waals surface area contributed by atoms with Crippen molar-refractivity contribution < 1.29 is 5.11 Å². The largest absolute Gasteiger partial charge is 0.505 e. The van der Waals surface area contributed by atoms with E-state index in [0.29, 0.717) is 5.75 Å². The first-order valence-electron chi connectivity index (χ1n) is 9.56. The number of aromatic nitrogens is 1. The Labute approximate surface area is 158 Å². The standard InChI is InChI=1S/C23H34N2O/c1-8-17(15-18-11-9-10-12-24-18)25-20-14-16(22(2,3)4)13-19(21(20)26)23(5,6)7/h9-14,17,25-26H,8,15H2,1-7H3. The average Bonchev–Trinajstić information content (AvgIpc) is 2.54. The van der Waals surface area contributed by atoms with E-state index in [0.717, 1.165) is 29.8 Å². The highest BCUT2D eigenvalue weighted by atomic mass is 16.3. The summed E-state index contributed by atoms with van der Waals surface area (Å²) in [6, 6.07) is 10.5. The van der Waals surface area contributed by atoms with Crippen LogP contribution >= 0.6 is 0 Å². The van der Waals surface area contributed by atoms with Crippen LogP contribution in [0.25, 0.3) is 0 Å². The van der Waals surface area contributed by atoms with Gasteiger partial charge in [-0.15, -0.1) is 0 Å². The quantitative estimate of drug-likeness (QED) is 0.665. The van der Waals surface area contributed by atoms with Crippen LogP contribution in [0.1, 0.15) is 71.7 Å². The molecule has 1 aromatic heterocycles. The SMILES string of the molecule is CCC(Cc1ccccn1)Nc1cc(C(C)(C)C)cc(C(C)(C)C)c1O. The highest BCUT2D eigenvalue weighted by molar-refractivity contribution is 5.64. The fourth-order valence-corrected chi connectivity index (χ4v) is 3.04. The zero-order valence-electron chi connectivity index (χ0n) is 17.4. The number of hydrogen-bond acceptors (Lipinski definition) is 3. The van der Waals surface area contributed by atoms with Crippen molar-refractivity contribution >= 4 is 5.69 Å². The Hall–Kier alpha value is -2.03. The van der Waals surface area contributed by atoms with Gasteiger partial charge in [-0.3, -0.25) is 4.98 Å². The molecule has 1 atom stereocenters. The molecule has 1 unspecified atom stereocenters. The molecule has 142 valence electrons. The Bertz CT molecular complexity index is 724. The van der Waals surface area contributed by atoms with Crippen LogP contribution in [-0.2, 0) is 17.3 Å². The number of anilines is 1. The third-order valence-corrected chi connectivity index (χ3v) is 4.82. The van der Waals surface area contributed by atoms with Gasteiger partial charge >= 0.3 is 0 Å². The lowest BCUT2D eigenvalue weighted by atomic mass is 9.79.